The van der Waals surface area contributed by atoms with E-state index in [1.807, 2.05) is 5.32 Å². The highest BCUT2D eigenvalue weighted by molar-refractivity contribution is 6.31. The Kier molecular flexibility index (Phi) is 3.33. The molecule has 0 aromatic heterocycles. The summed E-state index contributed by atoms with van der Waals surface area (Å²) in [6.45, 7) is -0.164. The number of nitrogens with one attached hydrogen (secondary N) is 1. The molecule has 2 N–H and O–H groups in total. The maximum atomic E-state index is 12.7. The molecule has 0 saturated heterocycles. The maximum Gasteiger partial charge on any atom is 0.394 e. The van der Waals surface area contributed by atoms with Crippen LogP contribution in [0.5, 0.6) is 0 Å². The highest BCUT2D eigenvalue weighted by Crippen LogP contribution is 2.08. The number of carboxylic acid groups (broad SMARTS) is 1. The number of rotatable bonds is 2. The first-order chi connectivity index (χ1) is 7.00. The third kappa shape index (κ3) is 3.01. The zero-order valence-electron chi connectivity index (χ0n) is 7.46. The summed E-state index contributed by atoms with van der Waals surface area (Å²) in [5.41, 5.74) is 0.281. The van der Waals surface area contributed by atoms with E-state index in [9.17, 15) is 18.4 Å². The SMILES string of the molecule is O=C(O)C(=O)NCc1ccc(F)c(F)c1. The maximum absolute atomic E-state index is 12.7. The molecule has 1 amide bonds. The molecule has 1 aromatic rings. The molecular formula is C9H7F2NO3. The second kappa shape index (κ2) is 4.50. The number of carbonyl (C=O) groups is 2. The molecule has 0 atom stereocenters. The first kappa shape index (κ1) is 11.1. The van der Waals surface area contributed by atoms with Crippen LogP contribution in [0.1, 0.15) is 5.56 Å². The normalized spacial score (nSPS) is 9.73. The van der Waals surface area contributed by atoms with Gasteiger partial charge in [-0.25, -0.2) is 13.6 Å². The van der Waals surface area contributed by atoms with Gasteiger partial charge in [0.1, 0.15) is 0 Å². The fourth-order valence-corrected chi connectivity index (χ4v) is 0.908. The molecule has 1 rings (SSSR count). The van der Waals surface area contributed by atoms with Crippen LogP contribution in [-0.4, -0.2) is 17.0 Å². The standard InChI is InChI=1S/C9H7F2NO3/c10-6-2-1-5(3-7(6)11)4-12-8(13)9(14)15/h1-3H,4H2,(H,12,13)(H,14,15). The van der Waals surface area contributed by atoms with Crippen LogP contribution in [0.25, 0.3) is 0 Å². The van der Waals surface area contributed by atoms with Gasteiger partial charge in [-0.3, -0.25) is 4.79 Å². The van der Waals surface area contributed by atoms with Gasteiger partial charge in [-0.05, 0) is 17.7 Å². The van der Waals surface area contributed by atoms with E-state index >= 15 is 0 Å². The number of benzene rings is 1. The number of carbonyl (C=O) groups excluding carboxylic acids is 1. The van der Waals surface area contributed by atoms with E-state index in [2.05, 4.69) is 0 Å². The van der Waals surface area contributed by atoms with Crippen LogP contribution >= 0.6 is 0 Å². The van der Waals surface area contributed by atoms with Crippen molar-refractivity contribution < 1.29 is 23.5 Å². The highest BCUT2D eigenvalue weighted by Gasteiger charge is 2.10. The van der Waals surface area contributed by atoms with Crippen molar-refractivity contribution in [3.05, 3.63) is 35.4 Å². The van der Waals surface area contributed by atoms with Gasteiger partial charge in [0.25, 0.3) is 0 Å². The minimum atomic E-state index is -1.63. The number of amides is 1. The Labute approximate surface area is 83.5 Å². The minimum absolute atomic E-state index is 0.164. The molecule has 0 bridgehead atoms. The summed E-state index contributed by atoms with van der Waals surface area (Å²) >= 11 is 0. The van der Waals surface area contributed by atoms with E-state index in [4.69, 9.17) is 5.11 Å². The van der Waals surface area contributed by atoms with Gasteiger partial charge >= 0.3 is 11.9 Å². The molecule has 0 heterocycles. The molecule has 0 aliphatic carbocycles. The lowest BCUT2D eigenvalue weighted by molar-refractivity contribution is -0.150. The van der Waals surface area contributed by atoms with Crippen molar-refractivity contribution in [3.8, 4) is 0 Å². The monoisotopic (exact) mass is 215 g/mol. The van der Waals surface area contributed by atoms with Crippen molar-refractivity contribution >= 4 is 11.9 Å². The number of aliphatic carboxylic acids is 1. The van der Waals surface area contributed by atoms with Crippen molar-refractivity contribution in [1.82, 2.24) is 5.32 Å². The molecule has 0 aliphatic rings. The van der Waals surface area contributed by atoms with Crippen LogP contribution in [0.15, 0.2) is 18.2 Å². The van der Waals surface area contributed by atoms with Crippen LogP contribution in [0.2, 0.25) is 0 Å². The highest BCUT2D eigenvalue weighted by atomic mass is 19.2. The van der Waals surface area contributed by atoms with Gasteiger partial charge in [0.15, 0.2) is 11.6 Å². The van der Waals surface area contributed by atoms with E-state index < -0.39 is 23.5 Å². The van der Waals surface area contributed by atoms with Crippen LogP contribution in [0, 0.1) is 11.6 Å². The summed E-state index contributed by atoms with van der Waals surface area (Å²) in [6, 6.07) is 3.04. The van der Waals surface area contributed by atoms with Gasteiger partial charge in [0, 0.05) is 6.54 Å². The Balaban J connectivity index is 2.62. The minimum Gasteiger partial charge on any atom is -0.474 e. The molecule has 0 spiro atoms. The van der Waals surface area contributed by atoms with Gasteiger partial charge in [-0.1, -0.05) is 6.07 Å². The summed E-state index contributed by atoms with van der Waals surface area (Å²) < 4.78 is 25.1. The first-order valence-electron chi connectivity index (χ1n) is 3.95. The molecule has 0 radical (unpaired) electrons. The second-order valence-corrected chi connectivity index (χ2v) is 2.74. The topological polar surface area (TPSA) is 66.4 Å². The van der Waals surface area contributed by atoms with Gasteiger partial charge in [0.05, 0.1) is 0 Å². The molecular weight excluding hydrogens is 208 g/mol. The number of carboxylic acids is 1. The molecule has 0 saturated carbocycles. The molecule has 0 unspecified atom stereocenters. The fourth-order valence-electron chi connectivity index (χ4n) is 0.908. The zero-order valence-corrected chi connectivity index (χ0v) is 7.46. The second-order valence-electron chi connectivity index (χ2n) is 2.74. The van der Waals surface area contributed by atoms with Crippen molar-refractivity contribution in [3.63, 3.8) is 0 Å². The third-order valence-electron chi connectivity index (χ3n) is 1.63. The van der Waals surface area contributed by atoms with Crippen LogP contribution < -0.4 is 5.32 Å². The lowest BCUT2D eigenvalue weighted by Crippen LogP contribution is -2.30. The van der Waals surface area contributed by atoms with Gasteiger partial charge in [0.2, 0.25) is 0 Å². The molecule has 0 fully saturated rings. The Morgan fingerprint density at radius 2 is 1.93 bits per heavy atom. The summed E-state index contributed by atoms with van der Waals surface area (Å²) in [6.07, 6.45) is 0. The third-order valence-corrected chi connectivity index (χ3v) is 1.63. The van der Waals surface area contributed by atoms with E-state index in [-0.39, 0.29) is 12.1 Å². The lowest BCUT2D eigenvalue weighted by atomic mass is 10.2. The van der Waals surface area contributed by atoms with Crippen LogP contribution in [0.4, 0.5) is 8.78 Å². The summed E-state index contributed by atoms with van der Waals surface area (Å²) in [5.74, 6) is -4.86. The van der Waals surface area contributed by atoms with Crippen LogP contribution in [-0.2, 0) is 16.1 Å². The lowest BCUT2D eigenvalue weighted by Gasteiger charge is -2.02. The van der Waals surface area contributed by atoms with E-state index in [1.54, 1.807) is 0 Å². The van der Waals surface area contributed by atoms with Crippen molar-refractivity contribution in [2.75, 3.05) is 0 Å². The Morgan fingerprint density at radius 1 is 1.27 bits per heavy atom. The number of halogens is 2. The summed E-state index contributed by atoms with van der Waals surface area (Å²) in [7, 11) is 0. The number of hydrogen-bond acceptors (Lipinski definition) is 2. The summed E-state index contributed by atoms with van der Waals surface area (Å²) in [5, 5.41) is 10.2. The van der Waals surface area contributed by atoms with Gasteiger partial charge in [-0.15, -0.1) is 0 Å². The van der Waals surface area contributed by atoms with Crippen LogP contribution in [0.3, 0.4) is 0 Å². The van der Waals surface area contributed by atoms with E-state index in [1.165, 1.54) is 6.07 Å². The van der Waals surface area contributed by atoms with E-state index in [0.717, 1.165) is 12.1 Å². The number of hydrogen-bond donors (Lipinski definition) is 2. The Bertz CT molecular complexity index is 406. The van der Waals surface area contributed by atoms with Gasteiger partial charge in [-0.2, -0.15) is 0 Å². The van der Waals surface area contributed by atoms with Crippen molar-refractivity contribution in [2.24, 2.45) is 0 Å². The average Bonchev–Trinajstić information content (AvgIpc) is 2.19. The smallest absolute Gasteiger partial charge is 0.394 e. The molecule has 4 nitrogen and oxygen atoms in total. The predicted molar refractivity (Wildman–Crippen MR) is 45.8 cm³/mol. The summed E-state index contributed by atoms with van der Waals surface area (Å²) in [4.78, 5) is 20.7. The zero-order chi connectivity index (χ0) is 11.4. The molecule has 0 aliphatic heterocycles. The fraction of sp³-hybridized carbons (Fsp3) is 0.111. The Hall–Kier alpha value is -1.98. The van der Waals surface area contributed by atoms with Crippen molar-refractivity contribution in [1.29, 1.82) is 0 Å². The quantitative estimate of drug-likeness (QED) is 0.712. The average molecular weight is 215 g/mol. The largest absolute Gasteiger partial charge is 0.474 e. The van der Waals surface area contributed by atoms with Gasteiger partial charge < -0.3 is 10.4 Å². The van der Waals surface area contributed by atoms with Crippen molar-refractivity contribution in [2.45, 2.75) is 6.54 Å². The first-order valence-corrected chi connectivity index (χ1v) is 3.95. The van der Waals surface area contributed by atoms with E-state index in [0.29, 0.717) is 0 Å². The molecule has 6 heteroatoms. The molecule has 80 valence electrons. The predicted octanol–water partition coefficient (Wildman–Crippen LogP) is 0.666. The Morgan fingerprint density at radius 3 is 2.47 bits per heavy atom. The molecule has 15 heavy (non-hydrogen) atoms. The molecule has 1 aromatic carbocycles.